The van der Waals surface area contributed by atoms with Crippen LogP contribution in [0.5, 0.6) is 0 Å². The van der Waals surface area contributed by atoms with Crippen LogP contribution in [0.25, 0.3) is 10.9 Å². The Kier molecular flexibility index (Phi) is 5.50. The van der Waals surface area contributed by atoms with E-state index in [2.05, 4.69) is 31.9 Å². The highest BCUT2D eigenvalue weighted by Gasteiger charge is 2.15. The van der Waals surface area contributed by atoms with Gasteiger partial charge in [-0.1, -0.05) is 31.2 Å². The average molecular weight is 367 g/mol. The van der Waals surface area contributed by atoms with Gasteiger partial charge in [0.05, 0.1) is 11.1 Å². The van der Waals surface area contributed by atoms with Gasteiger partial charge in [0.2, 0.25) is 0 Å². The van der Waals surface area contributed by atoms with E-state index in [-0.39, 0.29) is 17.4 Å². The predicted octanol–water partition coefficient (Wildman–Crippen LogP) is 3.37. The number of halogens is 2. The van der Waals surface area contributed by atoms with Gasteiger partial charge in [-0.05, 0) is 34.7 Å². The molecule has 0 fully saturated rings. The minimum Gasteiger partial charge on any atom is -0.383 e. The first kappa shape index (κ1) is 18.3. The minimum atomic E-state index is -0.941. The highest BCUT2D eigenvalue weighted by atomic mass is 27.0. The molecule has 1 amide bonds. The lowest BCUT2D eigenvalue weighted by molar-refractivity contribution is 0.0951. The first-order valence-corrected chi connectivity index (χ1v) is 8.75. The molecule has 2 N–H and O–H groups in total. The maximum Gasteiger partial charge on any atom is 0.255 e. The van der Waals surface area contributed by atoms with E-state index in [1.165, 1.54) is 6.07 Å². The molecule has 0 aliphatic heterocycles. The fraction of sp³-hybridized carbons (Fsp3) is 0.158. The maximum atomic E-state index is 13.3. The number of carbonyl (C=O) groups is 1. The van der Waals surface area contributed by atoms with Crippen molar-refractivity contribution in [1.29, 1.82) is 0 Å². The van der Waals surface area contributed by atoms with Crippen LogP contribution in [-0.2, 0) is 6.54 Å². The molecule has 7 heteroatoms. The summed E-state index contributed by atoms with van der Waals surface area (Å²) in [6, 6.07) is 12.8. The Labute approximate surface area is 158 Å². The number of nitrogens with one attached hydrogen (secondary N) is 2. The molecule has 1 aromatic heterocycles. The van der Waals surface area contributed by atoms with Crippen LogP contribution in [0.2, 0.25) is 0 Å². The third-order valence-electron chi connectivity index (χ3n) is 3.77. The number of carbonyl (C=O) groups excluding carboxylic acids is 1. The fourth-order valence-corrected chi connectivity index (χ4v) is 2.70. The van der Waals surface area contributed by atoms with Gasteiger partial charge >= 0.3 is 0 Å². The Morgan fingerprint density at radius 1 is 1.15 bits per heavy atom. The van der Waals surface area contributed by atoms with Crippen molar-refractivity contribution in [2.45, 2.75) is 18.4 Å². The highest BCUT2D eigenvalue weighted by Crippen LogP contribution is 2.21. The van der Waals surface area contributed by atoms with Crippen LogP contribution >= 0.6 is 0 Å². The monoisotopic (exact) mass is 367 g/mol. The summed E-state index contributed by atoms with van der Waals surface area (Å²) >= 11 is 2.59. The molecule has 2 radical (unpaired) electrons. The molecule has 3 aromatic rings. The Morgan fingerprint density at radius 2 is 1.92 bits per heavy atom. The molecule has 4 nitrogen and oxygen atoms in total. The molecule has 1 heterocycles. The van der Waals surface area contributed by atoms with E-state index >= 15 is 0 Å². The lowest BCUT2D eigenvalue weighted by Gasteiger charge is -2.15. The van der Waals surface area contributed by atoms with Gasteiger partial charge in [-0.3, -0.25) is 4.79 Å². The number of anilines is 1. The highest BCUT2D eigenvalue weighted by molar-refractivity contribution is 6.13. The van der Waals surface area contributed by atoms with Crippen LogP contribution in [0.4, 0.5) is 14.6 Å². The Morgan fingerprint density at radius 3 is 2.65 bits per heavy atom. The summed E-state index contributed by atoms with van der Waals surface area (Å²) in [5.74, 6) is -1.74. The summed E-state index contributed by atoms with van der Waals surface area (Å²) in [5.41, 5.74) is 1.64. The van der Waals surface area contributed by atoms with Crippen molar-refractivity contribution in [2.75, 3.05) is 5.32 Å². The zero-order valence-corrected chi connectivity index (χ0v) is 15.2. The third-order valence-corrected chi connectivity index (χ3v) is 3.94. The molecule has 130 valence electrons. The van der Waals surface area contributed by atoms with Crippen molar-refractivity contribution < 1.29 is 13.6 Å². The number of hydrogen-bond donors (Lipinski definition) is 2. The van der Waals surface area contributed by atoms with E-state index < -0.39 is 11.6 Å². The van der Waals surface area contributed by atoms with Crippen molar-refractivity contribution >= 4 is 38.9 Å². The van der Waals surface area contributed by atoms with Crippen LogP contribution in [0, 0.1) is 11.6 Å². The van der Waals surface area contributed by atoms with Gasteiger partial charge in [0.15, 0.2) is 27.9 Å². The molecule has 2 aromatic carbocycles. The maximum absolute atomic E-state index is 13.3. The van der Waals surface area contributed by atoms with Crippen LogP contribution in [0.1, 0.15) is 22.8 Å². The number of benzene rings is 2. The van der Waals surface area contributed by atoms with Crippen LogP contribution < -0.4 is 10.6 Å². The number of aromatic nitrogens is 1. The number of rotatable bonds is 5. The van der Waals surface area contributed by atoms with E-state index in [1.807, 2.05) is 31.2 Å². The number of nitrogens with zero attached hydrogens (tertiary/aromatic N) is 1. The number of fused-ring (bicyclic) bond motifs is 1. The molecule has 1 unspecified atom stereocenters. The van der Waals surface area contributed by atoms with Crippen molar-refractivity contribution in [3.63, 3.8) is 0 Å². The lowest BCUT2D eigenvalue weighted by atomic mass is 10.1. The van der Waals surface area contributed by atoms with E-state index in [0.29, 0.717) is 16.9 Å². The minimum absolute atomic E-state index is 0.0152. The number of hydrogen-bond acceptors (Lipinski definition) is 3. The molecular weight excluding hydrogens is 351 g/mol. The second kappa shape index (κ2) is 7.81. The van der Waals surface area contributed by atoms with Crippen molar-refractivity contribution in [3.05, 3.63) is 71.3 Å². The predicted molar refractivity (Wildman–Crippen MR) is 98.1 cm³/mol. The quantitative estimate of drug-likeness (QED) is 0.680. The standard InChI is InChI=1S/C19H16F2N3O.Al/c1-2-22-18-14(10-13-5-3-4-6-17(13)24-18)19(25)23-11-12-7-8-15(20)16(21)9-12;/h2-10H,11H2,1H3,(H,22,24)(H,23,25);. The normalized spacial score (nSPS) is 12.0. The van der Waals surface area contributed by atoms with E-state index in [0.717, 1.165) is 23.0 Å². The molecular formula is C19H16AlF2N3O. The first-order valence-electron chi connectivity index (χ1n) is 8.08. The Hall–Kier alpha value is -2.49. The summed E-state index contributed by atoms with van der Waals surface area (Å²) in [7, 11) is 0. The van der Waals surface area contributed by atoms with Crippen LogP contribution in [0.3, 0.4) is 0 Å². The molecule has 1 atom stereocenters. The first-order chi connectivity index (χ1) is 12.4. The summed E-state index contributed by atoms with van der Waals surface area (Å²) in [5, 5.41) is 6.71. The molecule has 0 aliphatic carbocycles. The fourth-order valence-electron chi connectivity index (χ4n) is 2.54. The lowest BCUT2D eigenvalue weighted by Crippen LogP contribution is -2.26. The van der Waals surface area contributed by atoms with Gasteiger partial charge in [-0.25, -0.2) is 13.8 Å². The third kappa shape index (κ3) is 4.18. The van der Waals surface area contributed by atoms with Crippen molar-refractivity contribution in [1.82, 2.24) is 10.3 Å². The molecule has 3 rings (SSSR count). The molecule has 0 bridgehead atoms. The summed E-state index contributed by atoms with van der Waals surface area (Å²) in [6.45, 7) is 2.00. The van der Waals surface area contributed by atoms with Crippen LogP contribution in [-0.4, -0.2) is 32.1 Å². The van der Waals surface area contributed by atoms with Gasteiger partial charge in [0.1, 0.15) is 5.82 Å². The molecule has 0 saturated heterocycles. The summed E-state index contributed by atoms with van der Waals surface area (Å²) < 4.78 is 26.3. The van der Waals surface area contributed by atoms with Gasteiger partial charge < -0.3 is 10.6 Å². The molecule has 0 saturated carbocycles. The van der Waals surface area contributed by atoms with Gasteiger partial charge in [0.25, 0.3) is 5.91 Å². The zero-order chi connectivity index (χ0) is 18.7. The largest absolute Gasteiger partial charge is 0.383 e. The topological polar surface area (TPSA) is 54.0 Å². The number of para-hydroxylation sites is 1. The van der Waals surface area contributed by atoms with E-state index in [4.69, 9.17) is 0 Å². The smallest absolute Gasteiger partial charge is 0.255 e. The molecule has 26 heavy (non-hydrogen) atoms. The van der Waals surface area contributed by atoms with E-state index in [9.17, 15) is 13.6 Å². The second-order valence-electron chi connectivity index (χ2n) is 5.94. The van der Waals surface area contributed by atoms with Gasteiger partial charge in [0, 0.05) is 11.9 Å². The molecule has 0 aliphatic rings. The van der Waals surface area contributed by atoms with Crippen molar-refractivity contribution in [2.24, 2.45) is 0 Å². The Bertz CT molecular complexity index is 963. The molecule has 0 spiro atoms. The summed E-state index contributed by atoms with van der Waals surface area (Å²) in [6.07, 6.45) is 0. The van der Waals surface area contributed by atoms with Crippen molar-refractivity contribution in [3.8, 4) is 0 Å². The van der Waals surface area contributed by atoms with Gasteiger partial charge in [-0.2, -0.15) is 0 Å². The Balaban J connectivity index is 1.86. The SMILES string of the molecule is C[CH]([Al])Nc1nc2ccccc2cc1C(=O)NCc1ccc(F)c(F)c1. The van der Waals surface area contributed by atoms with Crippen LogP contribution in [0.15, 0.2) is 48.5 Å². The number of pyridine rings is 1. The summed E-state index contributed by atoms with van der Waals surface area (Å²) in [4.78, 5) is 17.2. The van der Waals surface area contributed by atoms with Gasteiger partial charge in [-0.15, -0.1) is 0 Å². The number of amides is 1. The van der Waals surface area contributed by atoms with E-state index in [1.54, 1.807) is 6.07 Å². The second-order valence-corrected chi connectivity index (χ2v) is 6.94. The zero-order valence-electron chi connectivity index (χ0n) is 14.1. The average Bonchev–Trinajstić information content (AvgIpc) is 2.61.